The first kappa shape index (κ1) is 23.7. The molecule has 1 unspecified atom stereocenters. The smallest absolute Gasteiger partial charge is 0.384 e. The van der Waals surface area contributed by atoms with Crippen LogP contribution in [0.3, 0.4) is 0 Å². The van der Waals surface area contributed by atoms with Crippen molar-refractivity contribution in [3.63, 3.8) is 0 Å². The summed E-state index contributed by atoms with van der Waals surface area (Å²) in [4.78, 5) is 12.4. The van der Waals surface area contributed by atoms with E-state index in [-0.39, 0.29) is 29.6 Å². The van der Waals surface area contributed by atoms with Crippen LogP contribution in [0.25, 0.3) is 0 Å². The van der Waals surface area contributed by atoms with Crippen molar-refractivity contribution in [2.75, 3.05) is 33.4 Å². The van der Waals surface area contributed by atoms with E-state index in [2.05, 4.69) is 10.6 Å². The number of amides is 1. The summed E-state index contributed by atoms with van der Waals surface area (Å²) in [5.74, 6) is -0.396. The Hall–Kier alpha value is -1.31. The standard InChI is InChI=1S/C19H27F3N2O2.ClH/c1-14(11-15-3-5-16(6-4-15)19(20,21)22)17(25)24-12-18(13-26-2)7-9-23-10-8-18;/h3-6,14,23H,7-13H2,1-2H3,(H,24,25);1H. The molecule has 27 heavy (non-hydrogen) atoms. The number of benzene rings is 1. The molecule has 1 aliphatic heterocycles. The molecule has 0 saturated carbocycles. The minimum Gasteiger partial charge on any atom is -0.384 e. The molecule has 2 N–H and O–H groups in total. The van der Waals surface area contributed by atoms with E-state index in [1.807, 2.05) is 0 Å². The van der Waals surface area contributed by atoms with Gasteiger partial charge in [0.25, 0.3) is 0 Å². The number of hydrogen-bond acceptors (Lipinski definition) is 3. The van der Waals surface area contributed by atoms with Crippen LogP contribution in [0.1, 0.15) is 30.9 Å². The van der Waals surface area contributed by atoms with Crippen LogP contribution in [0.15, 0.2) is 24.3 Å². The molecule has 0 aromatic heterocycles. The van der Waals surface area contributed by atoms with Crippen molar-refractivity contribution in [1.82, 2.24) is 10.6 Å². The van der Waals surface area contributed by atoms with E-state index in [1.54, 1.807) is 14.0 Å². The van der Waals surface area contributed by atoms with Gasteiger partial charge in [-0.05, 0) is 50.0 Å². The topological polar surface area (TPSA) is 50.4 Å². The fraction of sp³-hybridized carbons (Fsp3) is 0.632. The predicted molar refractivity (Wildman–Crippen MR) is 101 cm³/mol. The molecular formula is C19H28ClF3N2O2. The summed E-state index contributed by atoms with van der Waals surface area (Å²) in [5, 5.41) is 6.31. The zero-order valence-electron chi connectivity index (χ0n) is 15.7. The van der Waals surface area contributed by atoms with Crippen LogP contribution < -0.4 is 10.6 Å². The Labute approximate surface area is 164 Å². The monoisotopic (exact) mass is 408 g/mol. The zero-order chi connectivity index (χ0) is 19.2. The molecule has 0 aliphatic carbocycles. The Morgan fingerprint density at radius 1 is 1.26 bits per heavy atom. The molecule has 1 heterocycles. The third-order valence-corrected chi connectivity index (χ3v) is 5.02. The van der Waals surface area contributed by atoms with Crippen molar-refractivity contribution in [3.05, 3.63) is 35.4 Å². The van der Waals surface area contributed by atoms with Gasteiger partial charge in [-0.3, -0.25) is 4.79 Å². The van der Waals surface area contributed by atoms with Crippen LogP contribution in [0, 0.1) is 11.3 Å². The summed E-state index contributed by atoms with van der Waals surface area (Å²) < 4.78 is 43.2. The number of carbonyl (C=O) groups excluding carboxylic acids is 1. The highest BCUT2D eigenvalue weighted by Crippen LogP contribution is 2.30. The second-order valence-corrected chi connectivity index (χ2v) is 7.20. The SMILES string of the molecule is COCC1(CNC(=O)C(C)Cc2ccc(C(F)(F)F)cc2)CCNCC1.Cl. The third-order valence-electron chi connectivity index (χ3n) is 5.02. The fourth-order valence-electron chi connectivity index (χ4n) is 3.36. The number of piperidine rings is 1. The first-order chi connectivity index (χ1) is 12.3. The zero-order valence-corrected chi connectivity index (χ0v) is 16.5. The lowest BCUT2D eigenvalue weighted by Gasteiger charge is -2.37. The summed E-state index contributed by atoms with van der Waals surface area (Å²) in [6.07, 6.45) is -2.06. The van der Waals surface area contributed by atoms with Gasteiger partial charge in [0.1, 0.15) is 0 Å². The van der Waals surface area contributed by atoms with E-state index in [1.165, 1.54) is 12.1 Å². The van der Waals surface area contributed by atoms with Gasteiger partial charge in [-0.25, -0.2) is 0 Å². The van der Waals surface area contributed by atoms with Crippen molar-refractivity contribution in [2.24, 2.45) is 11.3 Å². The molecule has 154 valence electrons. The van der Waals surface area contributed by atoms with E-state index in [4.69, 9.17) is 4.74 Å². The van der Waals surface area contributed by atoms with Gasteiger partial charge < -0.3 is 15.4 Å². The minimum absolute atomic E-state index is 0. The molecule has 0 radical (unpaired) electrons. The van der Waals surface area contributed by atoms with Gasteiger partial charge in [0, 0.05) is 25.0 Å². The van der Waals surface area contributed by atoms with Crippen molar-refractivity contribution >= 4 is 18.3 Å². The van der Waals surface area contributed by atoms with E-state index in [0.717, 1.165) is 38.1 Å². The number of rotatable bonds is 7. The molecule has 1 aromatic rings. The maximum Gasteiger partial charge on any atom is 0.416 e. The Kier molecular flexibility index (Phi) is 9.05. The molecule has 1 aromatic carbocycles. The largest absolute Gasteiger partial charge is 0.416 e. The van der Waals surface area contributed by atoms with Crippen LogP contribution >= 0.6 is 12.4 Å². The van der Waals surface area contributed by atoms with Crippen molar-refractivity contribution < 1.29 is 22.7 Å². The van der Waals surface area contributed by atoms with Crippen molar-refractivity contribution in [2.45, 2.75) is 32.4 Å². The van der Waals surface area contributed by atoms with Crippen LogP contribution in [0.4, 0.5) is 13.2 Å². The predicted octanol–water partition coefficient (Wildman–Crippen LogP) is 3.44. The summed E-state index contributed by atoms with van der Waals surface area (Å²) in [7, 11) is 1.67. The average Bonchev–Trinajstić information content (AvgIpc) is 2.60. The Balaban J connectivity index is 0.00000364. The molecule has 8 heteroatoms. The number of halogens is 4. The fourth-order valence-corrected chi connectivity index (χ4v) is 3.36. The first-order valence-corrected chi connectivity index (χ1v) is 8.89. The molecular weight excluding hydrogens is 381 g/mol. The molecule has 1 aliphatic rings. The van der Waals surface area contributed by atoms with Gasteiger partial charge in [-0.15, -0.1) is 12.4 Å². The number of carbonyl (C=O) groups is 1. The number of methoxy groups -OCH3 is 1. The van der Waals surface area contributed by atoms with Crippen LogP contribution in [0.2, 0.25) is 0 Å². The normalized spacial score (nSPS) is 17.7. The van der Waals surface area contributed by atoms with E-state index in [0.29, 0.717) is 25.1 Å². The third kappa shape index (κ3) is 6.97. The summed E-state index contributed by atoms with van der Waals surface area (Å²) in [5.41, 5.74) is -0.0103. The number of nitrogens with one attached hydrogen (secondary N) is 2. The lowest BCUT2D eigenvalue weighted by molar-refractivity contribution is -0.137. The summed E-state index contributed by atoms with van der Waals surface area (Å²) in [6, 6.07) is 4.99. The van der Waals surface area contributed by atoms with E-state index < -0.39 is 11.7 Å². The summed E-state index contributed by atoms with van der Waals surface area (Å²) in [6.45, 7) is 4.75. The molecule has 0 spiro atoms. The second kappa shape index (κ2) is 10.3. The molecule has 2 rings (SSSR count). The lowest BCUT2D eigenvalue weighted by atomic mass is 9.79. The Bertz CT molecular complexity index is 582. The van der Waals surface area contributed by atoms with Crippen LogP contribution in [-0.2, 0) is 22.1 Å². The second-order valence-electron chi connectivity index (χ2n) is 7.20. The molecule has 1 saturated heterocycles. The average molecular weight is 409 g/mol. The lowest BCUT2D eigenvalue weighted by Crippen LogP contribution is -2.48. The van der Waals surface area contributed by atoms with E-state index >= 15 is 0 Å². The number of alkyl halides is 3. The minimum atomic E-state index is -4.34. The number of ether oxygens (including phenoxy) is 1. The quantitative estimate of drug-likeness (QED) is 0.726. The number of hydrogen-bond donors (Lipinski definition) is 2. The maximum absolute atomic E-state index is 12.6. The summed E-state index contributed by atoms with van der Waals surface area (Å²) >= 11 is 0. The highest BCUT2D eigenvalue weighted by molar-refractivity contribution is 5.85. The molecule has 1 amide bonds. The van der Waals surface area contributed by atoms with Gasteiger partial charge in [0.05, 0.1) is 12.2 Å². The highest BCUT2D eigenvalue weighted by Gasteiger charge is 2.33. The maximum atomic E-state index is 12.6. The van der Waals surface area contributed by atoms with Crippen LogP contribution in [0.5, 0.6) is 0 Å². The Morgan fingerprint density at radius 3 is 2.37 bits per heavy atom. The molecule has 0 bridgehead atoms. The molecule has 1 atom stereocenters. The van der Waals surface area contributed by atoms with Gasteiger partial charge in [-0.1, -0.05) is 19.1 Å². The molecule has 4 nitrogen and oxygen atoms in total. The van der Waals surface area contributed by atoms with Crippen molar-refractivity contribution in [1.29, 1.82) is 0 Å². The van der Waals surface area contributed by atoms with Gasteiger partial charge >= 0.3 is 6.18 Å². The Morgan fingerprint density at radius 2 is 1.85 bits per heavy atom. The van der Waals surface area contributed by atoms with Gasteiger partial charge in [0.2, 0.25) is 5.91 Å². The van der Waals surface area contributed by atoms with Crippen LogP contribution in [-0.4, -0.2) is 39.3 Å². The molecule has 1 fully saturated rings. The first-order valence-electron chi connectivity index (χ1n) is 8.89. The van der Waals surface area contributed by atoms with E-state index in [9.17, 15) is 18.0 Å². The van der Waals surface area contributed by atoms with Gasteiger partial charge in [-0.2, -0.15) is 13.2 Å². The highest BCUT2D eigenvalue weighted by atomic mass is 35.5. The van der Waals surface area contributed by atoms with Crippen molar-refractivity contribution in [3.8, 4) is 0 Å². The van der Waals surface area contributed by atoms with Gasteiger partial charge in [0.15, 0.2) is 0 Å².